The van der Waals surface area contributed by atoms with Gasteiger partial charge in [0.05, 0.1) is 49.2 Å². The SMILES string of the molecule is O=Cc1cccc(CCCCC2(CCCCc3cccc(C=O)c3)c3cc(N(c4ccccc4)c4cccc5ccccc45)ccc3-c3ccc(N(c4ccccc4)c4cccc5ccccc45)cc32)c1.c1ccc(N(c2ccc3c(c2)C(CCCCc2cccc(C4OCCO4)c2)(CCCCc2cccc(C4OCCO4)c2)c2cc(N(c4ccccc4)c4cccc5ccccc45)ccc2-3)c2cccc3ccccc23)cc1. The molecule has 2 saturated heterocycles. The van der Waals surface area contributed by atoms with Gasteiger partial charge in [0.15, 0.2) is 12.6 Å². The average molecular weight is 1930 g/mol. The molecule has 0 unspecified atom stereocenters. The first-order valence-electron chi connectivity index (χ1n) is 52.9. The van der Waals surface area contributed by atoms with Gasteiger partial charge in [-0.2, -0.15) is 0 Å². The number of carbonyl (C=O) groups is 2. The van der Waals surface area contributed by atoms with E-state index >= 15 is 0 Å². The molecule has 2 aliphatic heterocycles. The fourth-order valence-electron chi connectivity index (χ4n) is 24.0. The fourth-order valence-corrected chi connectivity index (χ4v) is 24.0. The number of aryl methyl sites for hydroxylation is 4. The quantitative estimate of drug-likeness (QED) is 0.0280. The molecular formula is C138H120N4O6. The maximum absolute atomic E-state index is 11.8. The van der Waals surface area contributed by atoms with E-state index in [0.717, 1.165) is 206 Å². The Labute approximate surface area is 868 Å². The summed E-state index contributed by atoms with van der Waals surface area (Å²) in [5, 5.41) is 9.68. The first-order chi connectivity index (χ1) is 73.3. The number of rotatable bonds is 36. The minimum atomic E-state index is -0.339. The highest BCUT2D eigenvalue weighted by atomic mass is 16.7. The smallest absolute Gasteiger partial charge is 0.184 e. The summed E-state index contributed by atoms with van der Waals surface area (Å²) in [6.45, 7) is 2.54. The molecule has 20 aromatic rings. The molecule has 2 heterocycles. The van der Waals surface area contributed by atoms with Gasteiger partial charge in [0, 0.05) is 100 Å². The number of hydrogen-bond donors (Lipinski definition) is 0. The Balaban J connectivity index is 0.000000163. The summed E-state index contributed by atoms with van der Waals surface area (Å²) in [6, 6.07) is 168. The van der Waals surface area contributed by atoms with Gasteiger partial charge in [-0.05, 0) is 299 Å². The lowest BCUT2D eigenvalue weighted by Crippen LogP contribution is -2.26. The number of unbranched alkanes of at least 4 members (excludes halogenated alkanes) is 4. The molecule has 2 fully saturated rings. The fraction of sp³-hybridized carbons (Fsp3) is 0.174. The average Bonchev–Trinajstić information content (AvgIpc) is 1.56. The molecule has 728 valence electrons. The van der Waals surface area contributed by atoms with Gasteiger partial charge in [0.25, 0.3) is 0 Å². The number of ether oxygens (including phenoxy) is 4. The van der Waals surface area contributed by atoms with Gasteiger partial charge in [-0.25, -0.2) is 0 Å². The molecule has 0 saturated carbocycles. The van der Waals surface area contributed by atoms with Crippen LogP contribution in [0.1, 0.15) is 166 Å². The molecule has 0 N–H and O–H groups in total. The number of aldehydes is 2. The van der Waals surface area contributed by atoms with Gasteiger partial charge in [-0.15, -0.1) is 0 Å². The highest BCUT2D eigenvalue weighted by Crippen LogP contribution is 2.61. The molecule has 24 rings (SSSR count). The second-order valence-electron chi connectivity index (χ2n) is 40.0. The molecule has 20 aromatic carbocycles. The van der Waals surface area contributed by atoms with Crippen LogP contribution in [0.5, 0.6) is 0 Å². The van der Waals surface area contributed by atoms with Crippen molar-refractivity contribution in [3.8, 4) is 22.3 Å². The van der Waals surface area contributed by atoms with E-state index in [2.05, 4.69) is 444 Å². The lowest BCUT2D eigenvalue weighted by molar-refractivity contribution is -0.0443. The molecule has 0 aromatic heterocycles. The molecule has 10 heteroatoms. The van der Waals surface area contributed by atoms with Crippen LogP contribution in [0.2, 0.25) is 0 Å². The van der Waals surface area contributed by atoms with E-state index in [0.29, 0.717) is 26.4 Å². The largest absolute Gasteiger partial charge is 0.346 e. The van der Waals surface area contributed by atoms with Gasteiger partial charge >= 0.3 is 0 Å². The normalized spacial score (nSPS) is 13.7. The number of carbonyl (C=O) groups excluding carboxylic acids is 2. The van der Waals surface area contributed by atoms with Gasteiger partial charge in [-0.1, -0.05) is 353 Å². The highest BCUT2D eigenvalue weighted by molar-refractivity contribution is 6.04. The number of anilines is 12. The van der Waals surface area contributed by atoms with Crippen molar-refractivity contribution >= 4 is 124 Å². The Morgan fingerprint density at radius 1 is 0.216 bits per heavy atom. The maximum atomic E-state index is 11.8. The van der Waals surface area contributed by atoms with Crippen LogP contribution in [0.3, 0.4) is 0 Å². The van der Waals surface area contributed by atoms with Crippen LogP contribution in [0.25, 0.3) is 65.3 Å². The number of benzene rings is 20. The van der Waals surface area contributed by atoms with Gasteiger partial charge in [0.1, 0.15) is 12.6 Å². The maximum Gasteiger partial charge on any atom is 0.184 e. The van der Waals surface area contributed by atoms with Crippen molar-refractivity contribution in [3.05, 3.63) is 528 Å². The lowest BCUT2D eigenvalue weighted by atomic mass is 9.70. The Hall–Kier alpha value is -16.2. The molecule has 4 aliphatic rings. The number of nitrogens with zero attached hydrogens (tertiary/aromatic N) is 4. The number of hydrogen-bond acceptors (Lipinski definition) is 10. The van der Waals surface area contributed by atoms with Crippen molar-refractivity contribution in [1.82, 2.24) is 0 Å². The third-order valence-corrected chi connectivity index (χ3v) is 30.9. The van der Waals surface area contributed by atoms with Crippen LogP contribution < -0.4 is 19.6 Å². The number of para-hydroxylation sites is 4. The summed E-state index contributed by atoms with van der Waals surface area (Å²) in [5.41, 5.74) is 32.5. The van der Waals surface area contributed by atoms with Gasteiger partial charge in [-0.3, -0.25) is 9.59 Å². The summed E-state index contributed by atoms with van der Waals surface area (Å²) in [5.74, 6) is 0. The minimum absolute atomic E-state index is 0.284. The van der Waals surface area contributed by atoms with E-state index in [9.17, 15) is 9.59 Å². The molecule has 0 atom stereocenters. The Kier molecular flexibility index (Phi) is 28.4. The molecule has 0 bridgehead atoms. The zero-order valence-electron chi connectivity index (χ0n) is 83.6. The van der Waals surface area contributed by atoms with E-state index < -0.39 is 0 Å². The second kappa shape index (κ2) is 44.0. The van der Waals surface area contributed by atoms with E-state index in [1.807, 2.05) is 36.4 Å². The zero-order valence-corrected chi connectivity index (χ0v) is 83.6. The summed E-state index contributed by atoms with van der Waals surface area (Å²) < 4.78 is 23.8. The van der Waals surface area contributed by atoms with Crippen molar-refractivity contribution in [2.75, 3.05) is 46.0 Å². The predicted octanol–water partition coefficient (Wildman–Crippen LogP) is 35.8. The van der Waals surface area contributed by atoms with Crippen molar-refractivity contribution in [3.63, 3.8) is 0 Å². The summed E-state index contributed by atoms with van der Waals surface area (Å²) in [7, 11) is 0. The molecule has 148 heavy (non-hydrogen) atoms. The Morgan fingerprint density at radius 2 is 0.453 bits per heavy atom. The third kappa shape index (κ3) is 19.8. The molecule has 0 spiro atoms. The van der Waals surface area contributed by atoms with E-state index in [-0.39, 0.29) is 23.4 Å². The Morgan fingerprint density at radius 3 is 0.723 bits per heavy atom. The first kappa shape index (κ1) is 95.3. The molecule has 0 radical (unpaired) electrons. The summed E-state index contributed by atoms with van der Waals surface area (Å²) in [4.78, 5) is 33.5. The molecule has 2 aliphatic carbocycles. The van der Waals surface area contributed by atoms with Crippen LogP contribution in [0, 0.1) is 0 Å². The zero-order chi connectivity index (χ0) is 99.4. The monoisotopic (exact) mass is 1930 g/mol. The lowest BCUT2D eigenvalue weighted by Gasteiger charge is -2.35. The summed E-state index contributed by atoms with van der Waals surface area (Å²) in [6.07, 6.45) is 17.2. The standard InChI is InChI=1S/C71H64N2O4.C67H56N2O2/c1-3-29-57(30-4-1)72(67-35-17-25-53-23-7-9-33-61(53)67)59-37-39-63-64-40-38-60(73(58-31-5-2-6-32-58)68-36-18-26-54-24-8-10-34-62(54)68)50-66(64)71(65(63)49-59,41-13-11-19-51-21-15-27-55(47-51)69-74-43-44-75-69)42-14-12-20-52-22-16-28-56(48-52)70-76-45-46-77-70;70-47-51-23-15-21-49(43-51)19-11-13-41-67(42-14-12-20-50-22-16-24-52(44-50)48-71)63-45-57(68(55-29-3-1-4-30-55)65-35-17-27-53-25-7-9-33-59(53)65)37-39-61(63)62-40-38-58(46-64(62)67)69(56-31-5-2-6-32-56)66-36-18-28-54-26-8-10-34-60(54)66/h1-10,15-18,21-40,47-50,69-70H,11-14,19-20,41-46H2;1-10,15-18,21-40,43-48H,11-14,19-20,41-42H2. The van der Waals surface area contributed by atoms with Crippen LogP contribution in [0.4, 0.5) is 68.2 Å². The molecule has 10 nitrogen and oxygen atoms in total. The third-order valence-electron chi connectivity index (χ3n) is 30.9. The van der Waals surface area contributed by atoms with E-state index in [1.165, 1.54) is 110 Å². The Bertz CT molecular complexity index is 7620. The minimum Gasteiger partial charge on any atom is -0.346 e. The van der Waals surface area contributed by atoms with Crippen molar-refractivity contribution in [1.29, 1.82) is 0 Å². The topological polar surface area (TPSA) is 84.0 Å². The molecule has 0 amide bonds. The van der Waals surface area contributed by atoms with Gasteiger partial charge < -0.3 is 38.5 Å². The first-order valence-corrected chi connectivity index (χ1v) is 52.9. The van der Waals surface area contributed by atoms with Crippen molar-refractivity contribution < 1.29 is 28.5 Å². The predicted molar refractivity (Wildman–Crippen MR) is 610 cm³/mol. The van der Waals surface area contributed by atoms with Crippen molar-refractivity contribution in [2.24, 2.45) is 0 Å². The number of fused-ring (bicyclic) bond motifs is 10. The van der Waals surface area contributed by atoms with Crippen LogP contribution >= 0.6 is 0 Å². The van der Waals surface area contributed by atoms with Gasteiger partial charge in [0.2, 0.25) is 0 Å². The van der Waals surface area contributed by atoms with E-state index in [1.54, 1.807) is 0 Å². The van der Waals surface area contributed by atoms with Crippen LogP contribution in [-0.4, -0.2) is 39.0 Å². The molecular weight excluding hydrogens is 1810 g/mol. The van der Waals surface area contributed by atoms with E-state index in [4.69, 9.17) is 18.9 Å². The van der Waals surface area contributed by atoms with Crippen molar-refractivity contribution in [2.45, 2.75) is 126 Å². The summed E-state index contributed by atoms with van der Waals surface area (Å²) >= 11 is 0. The van der Waals surface area contributed by atoms with Crippen LogP contribution in [-0.2, 0) is 55.5 Å². The second-order valence-corrected chi connectivity index (χ2v) is 40.0. The highest BCUT2D eigenvalue weighted by Gasteiger charge is 2.46. The van der Waals surface area contributed by atoms with Crippen LogP contribution in [0.15, 0.2) is 461 Å².